The molecule has 0 aromatic carbocycles. The predicted molar refractivity (Wildman–Crippen MR) is 49.5 cm³/mol. The summed E-state index contributed by atoms with van der Waals surface area (Å²) in [6, 6.07) is -0.331. The molecular formula is C9H15N3O2. The minimum absolute atomic E-state index is 0.251. The van der Waals surface area contributed by atoms with Crippen LogP contribution in [0.2, 0.25) is 0 Å². The Labute approximate surface area is 82.3 Å². The van der Waals surface area contributed by atoms with Crippen LogP contribution < -0.4 is 5.73 Å². The van der Waals surface area contributed by atoms with E-state index in [1.807, 2.05) is 6.92 Å². The van der Waals surface area contributed by atoms with E-state index < -0.39 is 6.10 Å². The Hall–Kier alpha value is -0.940. The average molecular weight is 197 g/mol. The number of aromatic nitrogens is 2. The van der Waals surface area contributed by atoms with Crippen molar-refractivity contribution in [1.29, 1.82) is 0 Å². The number of aliphatic hydroxyl groups excluding tert-OH is 1. The van der Waals surface area contributed by atoms with E-state index in [4.69, 9.17) is 10.3 Å². The van der Waals surface area contributed by atoms with Crippen molar-refractivity contribution in [3.05, 3.63) is 11.7 Å². The maximum absolute atomic E-state index is 9.68. The highest BCUT2D eigenvalue weighted by molar-refractivity contribution is 5.04. The molecule has 1 aromatic heterocycles. The van der Waals surface area contributed by atoms with E-state index in [0.29, 0.717) is 18.2 Å². The topological polar surface area (TPSA) is 85.2 Å². The molecule has 78 valence electrons. The van der Waals surface area contributed by atoms with Crippen molar-refractivity contribution in [2.24, 2.45) is 5.73 Å². The molecule has 0 aliphatic heterocycles. The maximum atomic E-state index is 9.68. The summed E-state index contributed by atoms with van der Waals surface area (Å²) in [5.41, 5.74) is 5.67. The summed E-state index contributed by atoms with van der Waals surface area (Å²) >= 11 is 0. The van der Waals surface area contributed by atoms with Gasteiger partial charge in [0.15, 0.2) is 5.82 Å². The van der Waals surface area contributed by atoms with Gasteiger partial charge in [-0.1, -0.05) is 12.1 Å². The van der Waals surface area contributed by atoms with Gasteiger partial charge in [-0.3, -0.25) is 0 Å². The van der Waals surface area contributed by atoms with Gasteiger partial charge in [0, 0.05) is 12.0 Å². The first-order valence-corrected chi connectivity index (χ1v) is 4.99. The summed E-state index contributed by atoms with van der Waals surface area (Å²) in [5, 5.41) is 13.5. The third kappa shape index (κ3) is 1.78. The highest BCUT2D eigenvalue weighted by atomic mass is 16.5. The van der Waals surface area contributed by atoms with Gasteiger partial charge in [0.2, 0.25) is 0 Å². The standard InChI is InChI=1S/C9H15N3O2/c1-2-6(10)7(13)9-11-8(12-14-9)5-3-4-5/h5-7,13H,2-4,10H2,1H3/t6-,7-/m0/s1. The van der Waals surface area contributed by atoms with Crippen molar-refractivity contribution >= 4 is 0 Å². The minimum Gasteiger partial charge on any atom is -0.382 e. The van der Waals surface area contributed by atoms with Crippen LogP contribution in [-0.4, -0.2) is 21.3 Å². The average Bonchev–Trinajstić information content (AvgIpc) is 2.94. The van der Waals surface area contributed by atoms with Crippen LogP contribution in [0, 0.1) is 0 Å². The molecule has 2 atom stereocenters. The molecule has 0 amide bonds. The van der Waals surface area contributed by atoms with Gasteiger partial charge in [-0.05, 0) is 19.3 Å². The lowest BCUT2D eigenvalue weighted by Crippen LogP contribution is -2.27. The summed E-state index contributed by atoms with van der Waals surface area (Å²) in [6.45, 7) is 1.91. The van der Waals surface area contributed by atoms with Gasteiger partial charge < -0.3 is 15.4 Å². The lowest BCUT2D eigenvalue weighted by Gasteiger charge is -2.11. The lowest BCUT2D eigenvalue weighted by molar-refractivity contribution is 0.105. The molecule has 1 aliphatic rings. The molecule has 1 fully saturated rings. The van der Waals surface area contributed by atoms with E-state index in [-0.39, 0.29) is 11.9 Å². The van der Waals surface area contributed by atoms with Crippen LogP contribution in [0.25, 0.3) is 0 Å². The largest absolute Gasteiger partial charge is 0.382 e. The Bertz CT molecular complexity index is 309. The Balaban J connectivity index is 2.07. The molecule has 0 bridgehead atoms. The Morgan fingerprint density at radius 3 is 2.93 bits per heavy atom. The van der Waals surface area contributed by atoms with E-state index in [2.05, 4.69) is 10.1 Å². The second-order valence-corrected chi connectivity index (χ2v) is 3.78. The first-order chi connectivity index (χ1) is 6.72. The second kappa shape index (κ2) is 3.67. The molecule has 14 heavy (non-hydrogen) atoms. The number of hydrogen-bond donors (Lipinski definition) is 2. The van der Waals surface area contributed by atoms with Crippen molar-refractivity contribution in [2.45, 2.75) is 44.2 Å². The first-order valence-electron chi connectivity index (χ1n) is 4.99. The number of nitrogens with zero attached hydrogens (tertiary/aromatic N) is 2. The molecule has 3 N–H and O–H groups in total. The van der Waals surface area contributed by atoms with Crippen LogP contribution in [0.3, 0.4) is 0 Å². The number of aliphatic hydroxyl groups is 1. The van der Waals surface area contributed by atoms with Crippen LogP contribution in [-0.2, 0) is 0 Å². The molecular weight excluding hydrogens is 182 g/mol. The van der Waals surface area contributed by atoms with Crippen molar-refractivity contribution in [2.75, 3.05) is 0 Å². The van der Waals surface area contributed by atoms with Gasteiger partial charge in [-0.2, -0.15) is 4.98 Å². The summed E-state index contributed by atoms with van der Waals surface area (Å²) in [5.74, 6) is 1.40. The smallest absolute Gasteiger partial charge is 0.257 e. The predicted octanol–water partition coefficient (Wildman–Crippen LogP) is 0.718. The van der Waals surface area contributed by atoms with Gasteiger partial charge >= 0.3 is 0 Å². The minimum atomic E-state index is -0.833. The van der Waals surface area contributed by atoms with Gasteiger partial charge in [0.05, 0.1) is 0 Å². The van der Waals surface area contributed by atoms with E-state index in [1.54, 1.807) is 0 Å². The van der Waals surface area contributed by atoms with Crippen LogP contribution in [0.1, 0.15) is 49.9 Å². The van der Waals surface area contributed by atoms with Crippen molar-refractivity contribution < 1.29 is 9.63 Å². The molecule has 0 radical (unpaired) electrons. The van der Waals surface area contributed by atoms with Crippen LogP contribution in [0.15, 0.2) is 4.52 Å². The Morgan fingerprint density at radius 1 is 1.64 bits per heavy atom. The van der Waals surface area contributed by atoms with Gasteiger partial charge in [0.25, 0.3) is 5.89 Å². The van der Waals surface area contributed by atoms with Crippen molar-refractivity contribution in [3.63, 3.8) is 0 Å². The summed E-state index contributed by atoms with van der Waals surface area (Å²) in [7, 11) is 0. The second-order valence-electron chi connectivity index (χ2n) is 3.78. The molecule has 1 aromatic rings. The molecule has 5 nitrogen and oxygen atoms in total. The van der Waals surface area contributed by atoms with Crippen LogP contribution in [0.4, 0.5) is 0 Å². The Kier molecular flexibility index (Phi) is 2.52. The third-order valence-corrected chi connectivity index (χ3v) is 2.53. The normalized spacial score (nSPS) is 20.8. The monoisotopic (exact) mass is 197 g/mol. The van der Waals surface area contributed by atoms with E-state index in [1.165, 1.54) is 0 Å². The first kappa shape index (κ1) is 9.61. The third-order valence-electron chi connectivity index (χ3n) is 2.53. The van der Waals surface area contributed by atoms with Gasteiger partial charge in [-0.25, -0.2) is 0 Å². The van der Waals surface area contributed by atoms with Crippen molar-refractivity contribution in [1.82, 2.24) is 10.1 Å². The lowest BCUT2D eigenvalue weighted by atomic mass is 10.1. The maximum Gasteiger partial charge on any atom is 0.257 e. The fraction of sp³-hybridized carbons (Fsp3) is 0.778. The zero-order valence-corrected chi connectivity index (χ0v) is 8.18. The van der Waals surface area contributed by atoms with Crippen LogP contribution >= 0.6 is 0 Å². The number of rotatable bonds is 4. The Morgan fingerprint density at radius 2 is 2.36 bits per heavy atom. The molecule has 0 saturated heterocycles. The van der Waals surface area contributed by atoms with E-state index in [9.17, 15) is 5.11 Å². The highest BCUT2D eigenvalue weighted by Crippen LogP contribution is 2.38. The number of hydrogen-bond acceptors (Lipinski definition) is 5. The SMILES string of the molecule is CC[C@H](N)[C@H](O)c1nc(C2CC2)no1. The zero-order chi connectivity index (χ0) is 10.1. The fourth-order valence-corrected chi connectivity index (χ4v) is 1.28. The van der Waals surface area contributed by atoms with Gasteiger partial charge in [0.1, 0.15) is 6.10 Å². The van der Waals surface area contributed by atoms with E-state index >= 15 is 0 Å². The molecule has 0 unspecified atom stereocenters. The summed E-state index contributed by atoms with van der Waals surface area (Å²) in [4.78, 5) is 4.13. The summed E-state index contributed by atoms with van der Waals surface area (Å²) < 4.78 is 4.96. The van der Waals surface area contributed by atoms with Gasteiger partial charge in [-0.15, -0.1) is 0 Å². The highest BCUT2D eigenvalue weighted by Gasteiger charge is 2.30. The molecule has 1 aliphatic carbocycles. The summed E-state index contributed by atoms with van der Waals surface area (Å²) in [6.07, 6.45) is 2.09. The molecule has 0 spiro atoms. The van der Waals surface area contributed by atoms with Crippen molar-refractivity contribution in [3.8, 4) is 0 Å². The number of nitrogens with two attached hydrogens (primary N) is 1. The molecule has 5 heteroatoms. The molecule has 1 heterocycles. The zero-order valence-electron chi connectivity index (χ0n) is 8.18. The van der Waals surface area contributed by atoms with E-state index in [0.717, 1.165) is 12.8 Å². The molecule has 2 rings (SSSR count). The van der Waals surface area contributed by atoms with Crippen LogP contribution in [0.5, 0.6) is 0 Å². The fourth-order valence-electron chi connectivity index (χ4n) is 1.28. The quantitative estimate of drug-likeness (QED) is 0.742. The molecule has 1 saturated carbocycles.